The molecule has 0 aliphatic rings. The Labute approximate surface area is 130 Å². The van der Waals surface area contributed by atoms with Crippen LogP contribution < -0.4 is 4.72 Å². The van der Waals surface area contributed by atoms with Crippen molar-refractivity contribution in [3.63, 3.8) is 0 Å². The standard InChI is InChI=1S/C11H6BrF2NO4S2/c12-5-3-6(13)10(7(14)4-5)15-21(18,19)9-2-1-8(20-9)11(16)17/h1-4,15H,(H,16,17). The maximum absolute atomic E-state index is 13.6. The Morgan fingerprint density at radius 2 is 1.81 bits per heavy atom. The van der Waals surface area contributed by atoms with Gasteiger partial charge in [0.2, 0.25) is 0 Å². The van der Waals surface area contributed by atoms with Gasteiger partial charge in [0.15, 0.2) is 11.6 Å². The van der Waals surface area contributed by atoms with Crippen molar-refractivity contribution in [1.29, 1.82) is 0 Å². The fraction of sp³-hybridized carbons (Fsp3) is 0. The summed E-state index contributed by atoms with van der Waals surface area (Å²) in [5.74, 6) is -3.48. The first kappa shape index (κ1) is 15.9. The molecule has 0 saturated carbocycles. The second-order valence-electron chi connectivity index (χ2n) is 3.77. The molecule has 1 aromatic heterocycles. The predicted octanol–water partition coefficient (Wildman–Crippen LogP) is 3.29. The zero-order chi connectivity index (χ0) is 15.8. The highest BCUT2D eigenvalue weighted by Gasteiger charge is 2.22. The maximum Gasteiger partial charge on any atom is 0.345 e. The minimum Gasteiger partial charge on any atom is -0.477 e. The molecule has 0 saturated heterocycles. The number of hydrogen-bond donors (Lipinski definition) is 2. The number of halogens is 3. The number of benzene rings is 1. The summed E-state index contributed by atoms with van der Waals surface area (Å²) in [5.41, 5.74) is -0.830. The first-order valence-corrected chi connectivity index (χ1v) is 8.30. The summed E-state index contributed by atoms with van der Waals surface area (Å²) < 4.78 is 52.7. The van der Waals surface area contributed by atoms with E-state index in [2.05, 4.69) is 15.9 Å². The summed E-state index contributed by atoms with van der Waals surface area (Å²) in [4.78, 5) is 10.5. The Kier molecular flexibility index (Phi) is 4.30. The van der Waals surface area contributed by atoms with E-state index in [9.17, 15) is 22.0 Å². The van der Waals surface area contributed by atoms with Crippen molar-refractivity contribution in [1.82, 2.24) is 0 Å². The van der Waals surface area contributed by atoms with Gasteiger partial charge in [-0.3, -0.25) is 4.72 Å². The molecule has 0 unspecified atom stereocenters. The maximum atomic E-state index is 13.6. The topological polar surface area (TPSA) is 83.5 Å². The van der Waals surface area contributed by atoms with E-state index >= 15 is 0 Å². The van der Waals surface area contributed by atoms with Gasteiger partial charge in [-0.25, -0.2) is 22.0 Å². The minimum atomic E-state index is -4.27. The SMILES string of the molecule is O=C(O)c1ccc(S(=O)(=O)Nc2c(F)cc(Br)cc2F)s1. The van der Waals surface area contributed by atoms with E-state index in [1.54, 1.807) is 4.72 Å². The van der Waals surface area contributed by atoms with Crippen LogP contribution >= 0.6 is 27.3 Å². The highest BCUT2D eigenvalue weighted by Crippen LogP contribution is 2.28. The lowest BCUT2D eigenvalue weighted by molar-refractivity contribution is 0.0702. The molecule has 5 nitrogen and oxygen atoms in total. The summed E-state index contributed by atoms with van der Waals surface area (Å²) >= 11 is 3.35. The van der Waals surface area contributed by atoms with E-state index in [4.69, 9.17) is 5.11 Å². The van der Waals surface area contributed by atoms with E-state index in [0.717, 1.165) is 24.3 Å². The molecule has 2 rings (SSSR count). The molecule has 0 spiro atoms. The lowest BCUT2D eigenvalue weighted by Crippen LogP contribution is -2.14. The van der Waals surface area contributed by atoms with E-state index in [0.29, 0.717) is 11.3 Å². The molecule has 0 fully saturated rings. The van der Waals surface area contributed by atoms with Gasteiger partial charge in [-0.1, -0.05) is 15.9 Å². The van der Waals surface area contributed by atoms with Crippen LogP contribution in [0.5, 0.6) is 0 Å². The molecule has 0 radical (unpaired) electrons. The lowest BCUT2D eigenvalue weighted by atomic mass is 10.3. The number of nitrogens with one attached hydrogen (secondary N) is 1. The summed E-state index contributed by atoms with van der Waals surface area (Å²) in [5, 5.41) is 8.74. The van der Waals surface area contributed by atoms with Crippen molar-refractivity contribution in [3.8, 4) is 0 Å². The van der Waals surface area contributed by atoms with Gasteiger partial charge in [-0.05, 0) is 24.3 Å². The van der Waals surface area contributed by atoms with Crippen LogP contribution in [0.25, 0.3) is 0 Å². The molecule has 0 aliphatic carbocycles. The van der Waals surface area contributed by atoms with Crippen LogP contribution in [0.2, 0.25) is 0 Å². The van der Waals surface area contributed by atoms with Crippen LogP contribution in [0.4, 0.5) is 14.5 Å². The highest BCUT2D eigenvalue weighted by atomic mass is 79.9. The van der Waals surface area contributed by atoms with Gasteiger partial charge in [0, 0.05) is 4.47 Å². The molecule has 2 aromatic rings. The molecule has 0 amide bonds. The van der Waals surface area contributed by atoms with Crippen LogP contribution in [0.15, 0.2) is 32.9 Å². The lowest BCUT2D eigenvalue weighted by Gasteiger charge is -2.08. The van der Waals surface area contributed by atoms with E-state index in [1.807, 2.05) is 0 Å². The van der Waals surface area contributed by atoms with Crippen LogP contribution in [0, 0.1) is 11.6 Å². The number of thiophene rings is 1. The molecule has 10 heteroatoms. The minimum absolute atomic E-state index is 0.115. The fourth-order valence-electron chi connectivity index (χ4n) is 1.40. The molecule has 0 aliphatic heterocycles. The highest BCUT2D eigenvalue weighted by molar-refractivity contribution is 9.10. The van der Waals surface area contributed by atoms with Gasteiger partial charge in [-0.15, -0.1) is 11.3 Å². The van der Waals surface area contributed by atoms with Crippen molar-refractivity contribution in [2.24, 2.45) is 0 Å². The summed E-state index contributed by atoms with van der Waals surface area (Å²) in [6, 6.07) is 3.94. The zero-order valence-electron chi connectivity index (χ0n) is 9.93. The molecule has 0 atom stereocenters. The Morgan fingerprint density at radius 3 is 2.29 bits per heavy atom. The van der Waals surface area contributed by atoms with Gasteiger partial charge in [0.05, 0.1) is 0 Å². The third-order valence-corrected chi connectivity index (χ3v) is 5.67. The number of hydrogen-bond acceptors (Lipinski definition) is 4. The number of sulfonamides is 1. The average molecular weight is 398 g/mol. The predicted molar refractivity (Wildman–Crippen MR) is 76.1 cm³/mol. The molecule has 1 heterocycles. The van der Waals surface area contributed by atoms with Crippen molar-refractivity contribution < 1.29 is 27.1 Å². The van der Waals surface area contributed by atoms with Crippen LogP contribution in [0.3, 0.4) is 0 Å². The van der Waals surface area contributed by atoms with Gasteiger partial charge in [0.1, 0.15) is 14.8 Å². The van der Waals surface area contributed by atoms with Gasteiger partial charge in [0.25, 0.3) is 10.0 Å². The van der Waals surface area contributed by atoms with Crippen molar-refractivity contribution in [2.45, 2.75) is 4.21 Å². The largest absolute Gasteiger partial charge is 0.477 e. The summed E-state index contributed by atoms with van der Waals surface area (Å²) in [6.07, 6.45) is 0. The quantitative estimate of drug-likeness (QED) is 0.828. The van der Waals surface area contributed by atoms with E-state index in [-0.39, 0.29) is 13.6 Å². The Bertz CT molecular complexity index is 796. The van der Waals surface area contributed by atoms with Crippen LogP contribution in [0.1, 0.15) is 9.67 Å². The van der Waals surface area contributed by atoms with E-state index < -0.39 is 33.3 Å². The number of aromatic carboxylic acids is 1. The first-order chi connectivity index (χ1) is 9.70. The van der Waals surface area contributed by atoms with Crippen molar-refractivity contribution in [3.05, 3.63) is 45.2 Å². The first-order valence-electron chi connectivity index (χ1n) is 5.21. The van der Waals surface area contributed by atoms with Gasteiger partial charge < -0.3 is 5.11 Å². The van der Waals surface area contributed by atoms with Crippen molar-refractivity contribution >= 4 is 48.9 Å². The fourth-order valence-corrected chi connectivity index (χ4v) is 4.03. The second kappa shape index (κ2) is 5.70. The Hall–Kier alpha value is -1.52. The molecule has 2 N–H and O–H groups in total. The average Bonchev–Trinajstić information content (AvgIpc) is 2.84. The Morgan fingerprint density at radius 1 is 1.24 bits per heavy atom. The number of anilines is 1. The number of carbonyl (C=O) groups is 1. The molecule has 0 bridgehead atoms. The van der Waals surface area contributed by atoms with Crippen molar-refractivity contribution in [2.75, 3.05) is 4.72 Å². The number of rotatable bonds is 4. The number of carboxylic acids is 1. The summed E-state index contributed by atoms with van der Waals surface area (Å²) in [7, 11) is -4.27. The van der Waals surface area contributed by atoms with Gasteiger partial charge in [-0.2, -0.15) is 0 Å². The monoisotopic (exact) mass is 397 g/mol. The third kappa shape index (κ3) is 3.39. The molecular weight excluding hydrogens is 392 g/mol. The molecule has 21 heavy (non-hydrogen) atoms. The zero-order valence-corrected chi connectivity index (χ0v) is 13.2. The van der Waals surface area contributed by atoms with Gasteiger partial charge >= 0.3 is 5.97 Å². The molecule has 112 valence electrons. The number of carboxylic acid groups (broad SMARTS) is 1. The van der Waals surface area contributed by atoms with E-state index in [1.165, 1.54) is 0 Å². The second-order valence-corrected chi connectivity index (χ2v) is 7.68. The summed E-state index contributed by atoms with van der Waals surface area (Å²) in [6.45, 7) is 0. The Balaban J connectivity index is 2.40. The molecule has 1 aromatic carbocycles. The normalized spacial score (nSPS) is 11.4. The smallest absolute Gasteiger partial charge is 0.345 e. The van der Waals surface area contributed by atoms with Crippen LogP contribution in [-0.2, 0) is 10.0 Å². The molecular formula is C11H6BrF2NO4S2. The third-order valence-electron chi connectivity index (χ3n) is 2.30. The van der Waals surface area contributed by atoms with Crippen LogP contribution in [-0.4, -0.2) is 19.5 Å².